The average Bonchev–Trinajstić information content (AvgIpc) is 2.99. The van der Waals surface area contributed by atoms with Crippen LogP contribution in [0.5, 0.6) is 0 Å². The first kappa shape index (κ1) is 28.9. The molecule has 0 bridgehead atoms. The molecule has 5 rings (SSSR count). The van der Waals surface area contributed by atoms with Crippen molar-refractivity contribution >= 4 is 53.0 Å². The standard InChI is InChI=1S/C28H36N4O6S2/c1-3-19-7-5-13-31(17-19)39(35,36)21-9-11-23-25(15-21)27(29-33)24-12-10-22(16-26(24)28(23)30-34)40(37,38)32-14-6-8-20(4-2)18-32/h9-12,15-16,19-20,29,33H,3-8,13-14,17-18H2,1-2H3. The molecule has 0 saturated carbocycles. The summed E-state index contributed by atoms with van der Waals surface area (Å²) in [5, 5.41) is 14.6. The van der Waals surface area contributed by atoms with Gasteiger partial charge in [0.1, 0.15) is 5.69 Å². The maximum Gasteiger partial charge on any atom is 0.243 e. The van der Waals surface area contributed by atoms with Crippen LogP contribution in [0, 0.1) is 16.7 Å². The highest BCUT2D eigenvalue weighted by atomic mass is 32.2. The molecule has 2 heterocycles. The average molecular weight is 589 g/mol. The van der Waals surface area contributed by atoms with Crippen molar-refractivity contribution in [2.75, 3.05) is 31.7 Å². The molecule has 3 aromatic carbocycles. The number of sulfonamides is 2. The molecule has 0 amide bonds. The van der Waals surface area contributed by atoms with Crippen molar-refractivity contribution in [2.24, 2.45) is 17.0 Å². The maximum atomic E-state index is 13.5. The van der Waals surface area contributed by atoms with Gasteiger partial charge in [0.05, 0.1) is 15.5 Å². The second-order valence-electron chi connectivity index (χ2n) is 10.9. The molecule has 2 N–H and O–H groups in total. The monoisotopic (exact) mass is 588 g/mol. The van der Waals surface area contributed by atoms with Gasteiger partial charge in [0.2, 0.25) is 20.0 Å². The number of benzene rings is 3. The molecule has 12 heteroatoms. The van der Waals surface area contributed by atoms with Crippen molar-refractivity contribution in [1.29, 1.82) is 0 Å². The Morgan fingerprint density at radius 3 is 1.77 bits per heavy atom. The Morgan fingerprint density at radius 1 is 0.800 bits per heavy atom. The molecular weight excluding hydrogens is 552 g/mol. The van der Waals surface area contributed by atoms with Crippen LogP contribution < -0.4 is 5.48 Å². The lowest BCUT2D eigenvalue weighted by atomic mass is 9.97. The first-order valence-corrected chi connectivity index (χ1v) is 16.8. The van der Waals surface area contributed by atoms with Crippen molar-refractivity contribution in [3.8, 4) is 0 Å². The molecule has 216 valence electrons. The highest BCUT2D eigenvalue weighted by Crippen LogP contribution is 2.43. The van der Waals surface area contributed by atoms with Gasteiger partial charge in [0.25, 0.3) is 0 Å². The van der Waals surface area contributed by atoms with E-state index in [2.05, 4.69) is 24.5 Å². The Hall–Kier alpha value is -2.64. The third-order valence-corrected chi connectivity index (χ3v) is 12.4. The van der Waals surface area contributed by atoms with Crippen LogP contribution in [0.2, 0.25) is 0 Å². The summed E-state index contributed by atoms with van der Waals surface area (Å²) in [6.45, 7) is 5.88. The fourth-order valence-electron chi connectivity index (χ4n) is 6.16. The molecule has 3 aromatic rings. The Labute approximate surface area is 235 Å². The minimum Gasteiger partial charge on any atom is -0.291 e. The molecule has 40 heavy (non-hydrogen) atoms. The molecular formula is C28H36N4O6S2. The van der Waals surface area contributed by atoms with Crippen LogP contribution >= 0.6 is 0 Å². The molecule has 2 atom stereocenters. The van der Waals surface area contributed by atoms with E-state index in [1.54, 1.807) is 0 Å². The number of rotatable bonds is 8. The Balaban J connectivity index is 1.63. The highest BCUT2D eigenvalue weighted by Gasteiger charge is 2.32. The number of hydrogen-bond donors (Lipinski definition) is 2. The van der Waals surface area contributed by atoms with Crippen molar-refractivity contribution in [3.05, 3.63) is 41.3 Å². The first-order valence-electron chi connectivity index (χ1n) is 13.9. The van der Waals surface area contributed by atoms with Gasteiger partial charge in [0, 0.05) is 47.7 Å². The van der Waals surface area contributed by atoms with E-state index in [0.717, 1.165) is 38.5 Å². The molecule has 2 aliphatic rings. The first-order chi connectivity index (χ1) is 19.1. The van der Waals surface area contributed by atoms with Crippen LogP contribution in [0.1, 0.15) is 52.4 Å². The van der Waals surface area contributed by atoms with Crippen LogP contribution in [0.15, 0.2) is 51.4 Å². The fraction of sp³-hybridized carbons (Fsp3) is 0.500. The Kier molecular flexibility index (Phi) is 8.17. The highest BCUT2D eigenvalue weighted by molar-refractivity contribution is 7.89. The molecule has 0 aliphatic carbocycles. The molecule has 0 radical (unpaired) electrons. The molecule has 10 nitrogen and oxygen atoms in total. The lowest BCUT2D eigenvalue weighted by Gasteiger charge is -2.31. The summed E-state index contributed by atoms with van der Waals surface area (Å²) in [4.78, 5) is 12.3. The van der Waals surface area contributed by atoms with Crippen LogP contribution in [0.25, 0.3) is 21.5 Å². The largest absolute Gasteiger partial charge is 0.291 e. The molecule has 2 saturated heterocycles. The molecule has 0 spiro atoms. The van der Waals surface area contributed by atoms with Crippen molar-refractivity contribution in [3.63, 3.8) is 0 Å². The lowest BCUT2D eigenvalue weighted by Crippen LogP contribution is -2.39. The topological polar surface area (TPSA) is 136 Å². The second-order valence-corrected chi connectivity index (χ2v) is 14.8. The van der Waals surface area contributed by atoms with Crippen LogP contribution in [-0.4, -0.2) is 56.8 Å². The minimum absolute atomic E-state index is 0.0147. The number of anilines is 1. The second kappa shape index (κ2) is 11.3. The smallest absolute Gasteiger partial charge is 0.243 e. The third-order valence-electron chi connectivity index (χ3n) is 8.63. The summed E-state index contributed by atoms with van der Waals surface area (Å²) in [6.07, 6.45) is 5.36. The number of fused-ring (bicyclic) bond motifs is 2. The predicted octanol–water partition coefficient (Wildman–Crippen LogP) is 5.81. The number of nitrogens with zero attached hydrogens (tertiary/aromatic N) is 3. The Bertz CT molecular complexity index is 1660. The summed E-state index contributed by atoms with van der Waals surface area (Å²) < 4.78 is 57.2. The maximum absolute atomic E-state index is 13.5. The van der Waals surface area contributed by atoms with Crippen molar-refractivity contribution in [2.45, 2.75) is 62.2 Å². The quantitative estimate of drug-likeness (QED) is 0.192. The number of nitroso groups, excluding NO2 is 1. The zero-order chi connectivity index (χ0) is 28.7. The van der Waals surface area contributed by atoms with Gasteiger partial charge >= 0.3 is 0 Å². The molecule has 2 aliphatic heterocycles. The van der Waals surface area contributed by atoms with Gasteiger partial charge in [-0.25, -0.2) is 16.8 Å². The van der Waals surface area contributed by atoms with Gasteiger partial charge < -0.3 is 0 Å². The summed E-state index contributed by atoms with van der Waals surface area (Å²) >= 11 is 0. The normalized spacial score (nSPS) is 21.6. The minimum atomic E-state index is -3.82. The summed E-state index contributed by atoms with van der Waals surface area (Å²) in [7, 11) is -7.63. The lowest BCUT2D eigenvalue weighted by molar-refractivity contribution is 0.261. The number of piperidine rings is 2. The fourth-order valence-corrected chi connectivity index (χ4v) is 9.32. The van der Waals surface area contributed by atoms with E-state index in [4.69, 9.17) is 0 Å². The van der Waals surface area contributed by atoms with E-state index in [9.17, 15) is 26.9 Å². The van der Waals surface area contributed by atoms with E-state index in [-0.39, 0.29) is 26.6 Å². The van der Waals surface area contributed by atoms with Gasteiger partial charge in [-0.2, -0.15) is 8.61 Å². The van der Waals surface area contributed by atoms with Crippen LogP contribution in [-0.2, 0) is 20.0 Å². The number of nitrogens with one attached hydrogen (secondary N) is 1. The SMILES string of the molecule is CCC1CCCN(S(=O)(=O)c2ccc3c(NO)c4cc(S(=O)(=O)N5CCCC(CC)C5)ccc4c(N=O)c3c2)C1. The van der Waals surface area contributed by atoms with E-state index < -0.39 is 20.0 Å². The number of hydrogen-bond acceptors (Lipinski definition) is 8. The molecule has 2 unspecified atom stereocenters. The van der Waals surface area contributed by atoms with E-state index in [1.807, 2.05) is 0 Å². The van der Waals surface area contributed by atoms with Crippen LogP contribution in [0.4, 0.5) is 11.4 Å². The van der Waals surface area contributed by atoms with Gasteiger partial charge in [-0.15, -0.1) is 4.91 Å². The molecule has 0 aromatic heterocycles. The summed E-state index contributed by atoms with van der Waals surface area (Å²) in [6, 6.07) is 8.77. The Morgan fingerprint density at radius 2 is 1.30 bits per heavy atom. The van der Waals surface area contributed by atoms with Gasteiger partial charge in [-0.3, -0.25) is 10.7 Å². The summed E-state index contributed by atoms with van der Waals surface area (Å²) in [5.74, 6) is 0.602. The van der Waals surface area contributed by atoms with Gasteiger partial charge in [0.15, 0.2) is 0 Å². The van der Waals surface area contributed by atoms with Crippen molar-refractivity contribution < 1.29 is 22.0 Å². The summed E-state index contributed by atoms with van der Waals surface area (Å²) in [5.41, 5.74) is 2.32. The third kappa shape index (κ3) is 5.00. The van der Waals surface area contributed by atoms with Crippen LogP contribution in [0.3, 0.4) is 0 Å². The predicted molar refractivity (Wildman–Crippen MR) is 156 cm³/mol. The van der Waals surface area contributed by atoms with E-state index in [1.165, 1.54) is 45.0 Å². The van der Waals surface area contributed by atoms with Crippen molar-refractivity contribution in [1.82, 2.24) is 8.61 Å². The molecule has 2 fully saturated rings. The zero-order valence-electron chi connectivity index (χ0n) is 22.8. The van der Waals surface area contributed by atoms with Gasteiger partial charge in [-0.1, -0.05) is 38.8 Å². The van der Waals surface area contributed by atoms with E-state index in [0.29, 0.717) is 54.2 Å². The van der Waals surface area contributed by atoms with Gasteiger partial charge in [-0.05, 0) is 67.0 Å². The zero-order valence-corrected chi connectivity index (χ0v) is 24.5. The van der Waals surface area contributed by atoms with E-state index >= 15 is 0 Å².